The Balaban J connectivity index is 5.08. The van der Waals surface area contributed by atoms with Crippen LogP contribution in [0.1, 0.15) is 6.42 Å². The fraction of sp³-hybridized carbons (Fsp3) is 0.917. The Labute approximate surface area is 133 Å². The second-order valence-electron chi connectivity index (χ2n) is 7.96. The Morgan fingerprint density at radius 3 is 1.57 bits per heavy atom. The first-order chi connectivity index (χ1) is 9.04. The molecule has 0 aromatic carbocycles. The second-order valence-corrected chi connectivity index (χ2v) is 24.4. The fourth-order valence-corrected chi connectivity index (χ4v) is 20.2. The minimum Gasteiger partial charge on any atom is -0.481 e. The smallest absolute Gasteiger partial charge is 0.316 e. The summed E-state index contributed by atoms with van der Waals surface area (Å²) in [4.78, 5) is 10.9. The molecule has 1 unspecified atom stereocenters. The molecule has 0 saturated carbocycles. The van der Waals surface area contributed by atoms with Crippen molar-refractivity contribution in [3.63, 3.8) is 0 Å². The minimum atomic E-state index is -2.54. The summed E-state index contributed by atoms with van der Waals surface area (Å²) in [5.41, 5.74) is 0. The van der Waals surface area contributed by atoms with E-state index >= 15 is 0 Å². The number of hydrogen-bond donors (Lipinski definition) is 1. The molecule has 0 radical (unpaired) electrons. The van der Waals surface area contributed by atoms with E-state index in [9.17, 15) is 4.79 Å². The van der Waals surface area contributed by atoms with Gasteiger partial charge in [0.25, 0.3) is 0 Å². The Hall–Kier alpha value is 0.218. The summed E-state index contributed by atoms with van der Waals surface area (Å²) < 4.78 is 18.9. The molecule has 0 aliphatic heterocycles. The Morgan fingerprint density at radius 1 is 0.810 bits per heavy atom. The highest BCUT2D eigenvalue weighted by Gasteiger charge is 2.44. The van der Waals surface area contributed by atoms with Crippen molar-refractivity contribution >= 4 is 39.7 Å². The van der Waals surface area contributed by atoms with Crippen LogP contribution >= 0.6 is 0 Å². The molecule has 0 amide bonds. The number of carbonyl (C=O) groups is 1. The van der Waals surface area contributed by atoms with Crippen LogP contribution in [0.3, 0.4) is 0 Å². The molecule has 9 heteroatoms. The van der Waals surface area contributed by atoms with E-state index in [-0.39, 0.29) is 6.42 Å². The van der Waals surface area contributed by atoms with E-state index < -0.39 is 39.7 Å². The lowest BCUT2D eigenvalue weighted by atomic mass is 10.5. The van der Waals surface area contributed by atoms with E-state index in [0.29, 0.717) is 6.04 Å². The van der Waals surface area contributed by atoms with Gasteiger partial charge in [-0.05, 0) is 65.0 Å². The number of aliphatic carboxylic acids is 1. The van der Waals surface area contributed by atoms with Crippen LogP contribution in [0.25, 0.3) is 0 Å². The zero-order chi connectivity index (χ0) is 17.1. The van der Waals surface area contributed by atoms with E-state index in [0.717, 1.165) is 0 Å². The monoisotopic (exact) mass is 368 g/mol. The van der Waals surface area contributed by atoms with Crippen LogP contribution in [0.15, 0.2) is 0 Å². The lowest BCUT2D eigenvalue weighted by Gasteiger charge is -2.41. The standard InChI is InChI=1S/C12H32O5Si4/c1-18(2,3)15-20(7,8)17-21(9,11-10-12(13)14)16-19(4,5)6/h10-11H2,1-9H3,(H,13,14). The van der Waals surface area contributed by atoms with Gasteiger partial charge in [-0.15, -0.1) is 0 Å². The van der Waals surface area contributed by atoms with Gasteiger partial charge in [0, 0.05) is 6.42 Å². The maximum absolute atomic E-state index is 10.9. The highest BCUT2D eigenvalue weighted by molar-refractivity contribution is 6.89. The summed E-state index contributed by atoms with van der Waals surface area (Å²) in [7, 11) is -8.36. The van der Waals surface area contributed by atoms with Crippen LogP contribution in [-0.2, 0) is 17.1 Å². The fourth-order valence-electron chi connectivity index (χ4n) is 2.38. The SMILES string of the molecule is C[Si](C)(C)O[Si](C)(C)O[Si](C)(CCC(=O)O)O[Si](C)(C)C. The van der Waals surface area contributed by atoms with Crippen LogP contribution < -0.4 is 0 Å². The average molecular weight is 369 g/mol. The Bertz CT molecular complexity index is 362. The molecule has 0 aromatic rings. The molecule has 126 valence electrons. The molecule has 0 aliphatic rings. The van der Waals surface area contributed by atoms with Gasteiger partial charge in [-0.1, -0.05) is 0 Å². The molecule has 0 aromatic heterocycles. The summed E-state index contributed by atoms with van der Waals surface area (Å²) in [5, 5.41) is 8.97. The first-order valence-corrected chi connectivity index (χ1v) is 19.5. The average Bonchev–Trinajstić information content (AvgIpc) is 2.05. The zero-order valence-electron chi connectivity index (χ0n) is 15.0. The van der Waals surface area contributed by atoms with Crippen LogP contribution in [0.5, 0.6) is 0 Å². The quantitative estimate of drug-likeness (QED) is 0.624. The van der Waals surface area contributed by atoms with Crippen molar-refractivity contribution in [1.29, 1.82) is 0 Å². The van der Waals surface area contributed by atoms with E-state index in [2.05, 4.69) is 39.3 Å². The third-order valence-corrected chi connectivity index (χ3v) is 15.8. The van der Waals surface area contributed by atoms with Gasteiger partial charge in [-0.3, -0.25) is 4.79 Å². The topological polar surface area (TPSA) is 65.0 Å². The van der Waals surface area contributed by atoms with Gasteiger partial charge < -0.3 is 17.5 Å². The van der Waals surface area contributed by atoms with Crippen molar-refractivity contribution in [2.75, 3.05) is 0 Å². The third kappa shape index (κ3) is 11.4. The first kappa shape index (κ1) is 21.2. The van der Waals surface area contributed by atoms with E-state index in [1.807, 2.05) is 19.6 Å². The zero-order valence-corrected chi connectivity index (χ0v) is 19.0. The van der Waals surface area contributed by atoms with Crippen molar-refractivity contribution in [2.45, 2.75) is 71.4 Å². The second kappa shape index (κ2) is 7.19. The normalized spacial score (nSPS) is 16.6. The maximum atomic E-state index is 10.9. The molecule has 0 saturated heterocycles. The molecule has 21 heavy (non-hydrogen) atoms. The van der Waals surface area contributed by atoms with Crippen molar-refractivity contribution < 1.29 is 22.2 Å². The van der Waals surface area contributed by atoms with Gasteiger partial charge in [0.05, 0.1) is 0 Å². The molecule has 0 fully saturated rings. The predicted octanol–water partition coefficient (Wildman–Crippen LogP) is 3.95. The highest BCUT2D eigenvalue weighted by Crippen LogP contribution is 2.27. The predicted molar refractivity (Wildman–Crippen MR) is 96.1 cm³/mol. The molecular formula is C12H32O5Si4. The van der Waals surface area contributed by atoms with E-state index in [4.69, 9.17) is 17.5 Å². The van der Waals surface area contributed by atoms with Crippen LogP contribution in [0.4, 0.5) is 0 Å². The van der Waals surface area contributed by atoms with Crippen LogP contribution in [-0.4, -0.2) is 44.8 Å². The summed E-state index contributed by atoms with van der Waals surface area (Å²) >= 11 is 0. The van der Waals surface area contributed by atoms with Crippen LogP contribution in [0, 0.1) is 0 Å². The number of carboxylic acids is 1. The Kier molecular flexibility index (Phi) is 7.27. The van der Waals surface area contributed by atoms with Crippen LogP contribution in [0.2, 0.25) is 65.0 Å². The van der Waals surface area contributed by atoms with Crippen molar-refractivity contribution in [3.05, 3.63) is 0 Å². The molecule has 1 atom stereocenters. The summed E-state index contributed by atoms with van der Waals surface area (Å²) in [6.45, 7) is 18.8. The van der Waals surface area contributed by atoms with Crippen molar-refractivity contribution in [3.8, 4) is 0 Å². The van der Waals surface area contributed by atoms with Gasteiger partial charge in [0.15, 0.2) is 16.6 Å². The Morgan fingerprint density at radius 2 is 1.24 bits per heavy atom. The molecule has 5 nitrogen and oxygen atoms in total. The van der Waals surface area contributed by atoms with Gasteiger partial charge in [0.2, 0.25) is 0 Å². The van der Waals surface area contributed by atoms with Gasteiger partial charge in [-0.2, -0.15) is 0 Å². The molecule has 0 spiro atoms. The molecule has 0 bridgehead atoms. The van der Waals surface area contributed by atoms with Gasteiger partial charge in [0.1, 0.15) is 0 Å². The summed E-state index contributed by atoms with van der Waals surface area (Å²) in [5.74, 6) is -0.804. The summed E-state index contributed by atoms with van der Waals surface area (Å²) in [6, 6.07) is 0.470. The highest BCUT2D eigenvalue weighted by atomic mass is 28.5. The molecule has 0 rings (SSSR count). The minimum absolute atomic E-state index is 0.0879. The van der Waals surface area contributed by atoms with E-state index in [1.54, 1.807) is 0 Å². The number of rotatable bonds is 9. The lowest BCUT2D eigenvalue weighted by Crippen LogP contribution is -2.56. The van der Waals surface area contributed by atoms with Crippen molar-refractivity contribution in [2.24, 2.45) is 0 Å². The third-order valence-electron chi connectivity index (χ3n) is 2.33. The molecule has 0 aliphatic carbocycles. The van der Waals surface area contributed by atoms with Gasteiger partial charge in [-0.25, -0.2) is 0 Å². The number of carboxylic acid groups (broad SMARTS) is 1. The number of hydrogen-bond acceptors (Lipinski definition) is 4. The molecule has 1 N–H and O–H groups in total. The maximum Gasteiger partial charge on any atom is 0.316 e. The molecule has 0 heterocycles. The molecular weight excluding hydrogens is 336 g/mol. The lowest BCUT2D eigenvalue weighted by molar-refractivity contribution is -0.136. The summed E-state index contributed by atoms with van der Waals surface area (Å²) in [6.07, 6.45) is 0.0879. The first-order valence-electron chi connectivity index (χ1n) is 7.36. The van der Waals surface area contributed by atoms with Crippen molar-refractivity contribution in [1.82, 2.24) is 0 Å². The largest absolute Gasteiger partial charge is 0.481 e. The van der Waals surface area contributed by atoms with Gasteiger partial charge >= 0.3 is 23.1 Å². The van der Waals surface area contributed by atoms with E-state index in [1.165, 1.54) is 0 Å².